The van der Waals surface area contributed by atoms with Crippen LogP contribution in [-0.4, -0.2) is 11.7 Å². The van der Waals surface area contributed by atoms with E-state index in [4.69, 9.17) is 5.11 Å². The van der Waals surface area contributed by atoms with E-state index in [1.165, 1.54) is 83.5 Å². The summed E-state index contributed by atoms with van der Waals surface area (Å²) in [6.07, 6.45) is 19.0. The highest BCUT2D eigenvalue weighted by molar-refractivity contribution is 4.61. The lowest BCUT2D eigenvalue weighted by molar-refractivity contribution is 0.261. The Hall–Kier alpha value is -0.0400. The lowest BCUT2D eigenvalue weighted by Gasteiger charge is -2.16. The van der Waals surface area contributed by atoms with Crippen molar-refractivity contribution in [1.29, 1.82) is 0 Å². The highest BCUT2D eigenvalue weighted by Crippen LogP contribution is 2.22. The molecule has 0 aromatic heterocycles. The first kappa shape index (κ1) is 19.0. The van der Waals surface area contributed by atoms with Crippen molar-refractivity contribution < 1.29 is 5.11 Å². The Bertz CT molecular complexity index is 156. The molecule has 0 aliphatic carbocycles. The van der Waals surface area contributed by atoms with E-state index in [9.17, 15) is 0 Å². The molecule has 0 fully saturated rings. The van der Waals surface area contributed by atoms with Gasteiger partial charge >= 0.3 is 0 Å². The summed E-state index contributed by atoms with van der Waals surface area (Å²) in [4.78, 5) is 0. The van der Waals surface area contributed by atoms with Gasteiger partial charge in [-0.3, -0.25) is 0 Å². The van der Waals surface area contributed by atoms with Crippen molar-refractivity contribution in [3.8, 4) is 0 Å². The van der Waals surface area contributed by atoms with E-state index in [1.807, 2.05) is 0 Å². The van der Waals surface area contributed by atoms with Crippen molar-refractivity contribution in [3.63, 3.8) is 0 Å². The van der Waals surface area contributed by atoms with Gasteiger partial charge in [0.05, 0.1) is 0 Å². The predicted molar refractivity (Wildman–Crippen MR) is 86.6 cm³/mol. The minimum Gasteiger partial charge on any atom is -0.396 e. The molecular weight excluding hydrogens is 232 g/mol. The molecule has 116 valence electrons. The molecule has 1 nitrogen and oxygen atoms in total. The van der Waals surface area contributed by atoms with Gasteiger partial charge in [-0.2, -0.15) is 0 Å². The van der Waals surface area contributed by atoms with Gasteiger partial charge in [0.2, 0.25) is 0 Å². The number of rotatable bonds is 15. The average Bonchev–Trinajstić information content (AvgIpc) is 2.43. The zero-order valence-corrected chi connectivity index (χ0v) is 13.6. The van der Waals surface area contributed by atoms with Crippen molar-refractivity contribution in [2.75, 3.05) is 6.61 Å². The molecule has 0 aliphatic heterocycles. The van der Waals surface area contributed by atoms with Gasteiger partial charge in [-0.15, -0.1) is 0 Å². The maximum atomic E-state index is 8.99. The topological polar surface area (TPSA) is 20.2 Å². The third kappa shape index (κ3) is 14.2. The minimum atomic E-state index is 0.377. The lowest BCUT2D eigenvalue weighted by atomic mass is 9.90. The van der Waals surface area contributed by atoms with E-state index in [-0.39, 0.29) is 0 Å². The monoisotopic (exact) mass is 270 g/mol. The lowest BCUT2D eigenvalue weighted by Crippen LogP contribution is -2.02. The second kappa shape index (κ2) is 16.0. The van der Waals surface area contributed by atoms with Crippen LogP contribution in [0.1, 0.15) is 104 Å². The summed E-state index contributed by atoms with van der Waals surface area (Å²) in [6, 6.07) is 0. The molecule has 0 aliphatic rings. The van der Waals surface area contributed by atoms with Crippen molar-refractivity contribution in [3.05, 3.63) is 0 Å². The molecule has 0 aromatic rings. The van der Waals surface area contributed by atoms with Crippen LogP contribution in [-0.2, 0) is 0 Å². The third-order valence-electron chi connectivity index (χ3n) is 4.20. The van der Waals surface area contributed by atoms with E-state index >= 15 is 0 Å². The van der Waals surface area contributed by atoms with Crippen LogP contribution in [0.2, 0.25) is 0 Å². The number of aliphatic hydroxyl groups is 1. The van der Waals surface area contributed by atoms with Crippen molar-refractivity contribution in [2.24, 2.45) is 5.92 Å². The Morgan fingerprint density at radius 1 is 0.579 bits per heavy atom. The van der Waals surface area contributed by atoms with Crippen molar-refractivity contribution >= 4 is 0 Å². The number of unbranched alkanes of at least 4 members (excludes halogenated alkanes) is 8. The fraction of sp³-hybridized carbons (Fsp3) is 1.00. The molecule has 0 radical (unpaired) electrons. The van der Waals surface area contributed by atoms with E-state index in [0.29, 0.717) is 6.61 Å². The molecular formula is C18H38O. The van der Waals surface area contributed by atoms with Gasteiger partial charge in [0.15, 0.2) is 0 Å². The van der Waals surface area contributed by atoms with Gasteiger partial charge in [-0.1, -0.05) is 90.9 Å². The van der Waals surface area contributed by atoms with Crippen LogP contribution in [0, 0.1) is 5.92 Å². The van der Waals surface area contributed by atoms with Crippen LogP contribution < -0.4 is 0 Å². The Morgan fingerprint density at radius 3 is 1.53 bits per heavy atom. The van der Waals surface area contributed by atoms with E-state index < -0.39 is 0 Å². The Kier molecular flexibility index (Phi) is 16.0. The molecule has 1 atom stereocenters. The molecule has 0 heterocycles. The van der Waals surface area contributed by atoms with Crippen LogP contribution in [0.15, 0.2) is 0 Å². The molecule has 1 N–H and O–H groups in total. The molecule has 0 saturated carbocycles. The normalized spacial score (nSPS) is 12.8. The summed E-state index contributed by atoms with van der Waals surface area (Å²) in [6.45, 7) is 4.93. The van der Waals surface area contributed by atoms with Gasteiger partial charge in [0, 0.05) is 6.61 Å². The first-order valence-electron chi connectivity index (χ1n) is 8.96. The van der Waals surface area contributed by atoms with Crippen LogP contribution in [0.3, 0.4) is 0 Å². The van der Waals surface area contributed by atoms with Gasteiger partial charge in [0.25, 0.3) is 0 Å². The summed E-state index contributed by atoms with van der Waals surface area (Å²) >= 11 is 0. The van der Waals surface area contributed by atoms with Gasteiger partial charge in [-0.05, 0) is 18.8 Å². The Labute approximate surface area is 122 Å². The first-order valence-corrected chi connectivity index (χ1v) is 8.96. The zero-order chi connectivity index (χ0) is 14.2. The second-order valence-electron chi connectivity index (χ2n) is 6.14. The summed E-state index contributed by atoms with van der Waals surface area (Å²) in [5.41, 5.74) is 0. The van der Waals surface area contributed by atoms with Crippen molar-refractivity contribution in [1.82, 2.24) is 0 Å². The van der Waals surface area contributed by atoms with Crippen LogP contribution >= 0.6 is 0 Å². The summed E-state index contributed by atoms with van der Waals surface area (Å²) in [5, 5.41) is 8.99. The van der Waals surface area contributed by atoms with Gasteiger partial charge in [-0.25, -0.2) is 0 Å². The minimum absolute atomic E-state index is 0.377. The molecule has 1 heteroatoms. The Morgan fingerprint density at radius 2 is 1.00 bits per heavy atom. The molecule has 0 saturated heterocycles. The largest absolute Gasteiger partial charge is 0.396 e. The Balaban J connectivity index is 3.55. The predicted octanol–water partition coefficient (Wildman–Crippen LogP) is 6.10. The SMILES string of the molecule is CCCCCCCCC(CCCO)CCCCCC. The summed E-state index contributed by atoms with van der Waals surface area (Å²) in [5.74, 6) is 0.884. The molecule has 19 heavy (non-hydrogen) atoms. The molecule has 0 aromatic carbocycles. The van der Waals surface area contributed by atoms with Crippen molar-refractivity contribution in [2.45, 2.75) is 104 Å². The van der Waals surface area contributed by atoms with Gasteiger partial charge < -0.3 is 5.11 Å². The van der Waals surface area contributed by atoms with E-state index in [2.05, 4.69) is 13.8 Å². The molecule has 0 spiro atoms. The zero-order valence-electron chi connectivity index (χ0n) is 13.6. The average molecular weight is 271 g/mol. The number of aliphatic hydroxyl groups excluding tert-OH is 1. The fourth-order valence-corrected chi connectivity index (χ4v) is 2.89. The summed E-state index contributed by atoms with van der Waals surface area (Å²) in [7, 11) is 0. The highest BCUT2D eigenvalue weighted by atomic mass is 16.2. The second-order valence-corrected chi connectivity index (χ2v) is 6.14. The van der Waals surface area contributed by atoms with Crippen LogP contribution in [0.4, 0.5) is 0 Å². The summed E-state index contributed by atoms with van der Waals surface area (Å²) < 4.78 is 0. The third-order valence-corrected chi connectivity index (χ3v) is 4.20. The molecule has 0 bridgehead atoms. The smallest absolute Gasteiger partial charge is 0.0431 e. The maximum Gasteiger partial charge on any atom is 0.0431 e. The highest BCUT2D eigenvalue weighted by Gasteiger charge is 2.08. The maximum absolute atomic E-state index is 8.99. The molecule has 0 amide bonds. The quantitative estimate of drug-likeness (QED) is 0.357. The van der Waals surface area contributed by atoms with Crippen LogP contribution in [0.5, 0.6) is 0 Å². The first-order chi connectivity index (χ1) is 9.35. The van der Waals surface area contributed by atoms with Crippen LogP contribution in [0.25, 0.3) is 0 Å². The molecule has 0 rings (SSSR count). The van der Waals surface area contributed by atoms with E-state index in [1.54, 1.807) is 0 Å². The number of hydrogen-bond acceptors (Lipinski definition) is 1. The van der Waals surface area contributed by atoms with Gasteiger partial charge in [0.1, 0.15) is 0 Å². The standard InChI is InChI=1S/C18H38O/c1-3-5-7-9-10-12-15-18(16-13-17-19)14-11-8-6-4-2/h18-19H,3-17H2,1-2H3. The van der Waals surface area contributed by atoms with E-state index in [0.717, 1.165) is 12.3 Å². The number of hydrogen-bond donors (Lipinski definition) is 1. The fourth-order valence-electron chi connectivity index (χ4n) is 2.89. The molecule has 1 unspecified atom stereocenters.